The molecule has 0 spiro atoms. The predicted octanol–water partition coefficient (Wildman–Crippen LogP) is 2.23. The van der Waals surface area contributed by atoms with E-state index in [1.54, 1.807) is 7.11 Å². The highest BCUT2D eigenvalue weighted by atomic mass is 16.5. The van der Waals surface area contributed by atoms with Crippen molar-refractivity contribution in [2.75, 3.05) is 26.8 Å². The lowest BCUT2D eigenvalue weighted by atomic mass is 9.76. The Morgan fingerprint density at radius 2 is 2.00 bits per heavy atom. The van der Waals surface area contributed by atoms with E-state index in [4.69, 9.17) is 10.5 Å². The minimum atomic E-state index is 0.0844. The van der Waals surface area contributed by atoms with Gasteiger partial charge in [-0.25, -0.2) is 0 Å². The first kappa shape index (κ1) is 15.5. The molecule has 0 amide bonds. The second-order valence-electron chi connectivity index (χ2n) is 6.15. The molecule has 3 nitrogen and oxygen atoms in total. The topological polar surface area (TPSA) is 38.5 Å². The van der Waals surface area contributed by atoms with Crippen LogP contribution in [0.3, 0.4) is 0 Å². The number of aryl methyl sites for hydroxylation is 1. The average Bonchev–Trinajstić information content (AvgIpc) is 2.47. The normalized spacial score (nSPS) is 22.3. The molecule has 2 rings (SSSR count). The first-order valence-corrected chi connectivity index (χ1v) is 7.65. The largest absolute Gasteiger partial charge is 0.383 e. The minimum Gasteiger partial charge on any atom is -0.383 e. The fourth-order valence-electron chi connectivity index (χ4n) is 3.55. The Kier molecular flexibility index (Phi) is 5.19. The maximum Gasteiger partial charge on any atom is 0.0590 e. The summed E-state index contributed by atoms with van der Waals surface area (Å²) in [6, 6.07) is 9.27. The van der Waals surface area contributed by atoms with Crippen LogP contribution in [0, 0.1) is 0 Å². The summed E-state index contributed by atoms with van der Waals surface area (Å²) < 4.78 is 5.29. The van der Waals surface area contributed by atoms with Crippen LogP contribution in [0.4, 0.5) is 0 Å². The van der Waals surface area contributed by atoms with Crippen molar-refractivity contribution >= 4 is 0 Å². The van der Waals surface area contributed by atoms with E-state index in [0.29, 0.717) is 12.6 Å². The molecule has 2 N–H and O–H groups in total. The highest BCUT2D eigenvalue weighted by Crippen LogP contribution is 2.33. The molecule has 0 heterocycles. The maximum absolute atomic E-state index is 6.22. The first-order chi connectivity index (χ1) is 9.63. The van der Waals surface area contributed by atoms with E-state index < -0.39 is 0 Å². The molecule has 1 atom stereocenters. The Hall–Kier alpha value is -0.900. The molecule has 20 heavy (non-hydrogen) atoms. The monoisotopic (exact) mass is 276 g/mol. The highest BCUT2D eigenvalue weighted by molar-refractivity contribution is 5.32. The molecule has 1 aromatic rings. The third kappa shape index (κ3) is 3.05. The smallest absolute Gasteiger partial charge is 0.0590 e. The molecule has 0 aromatic heterocycles. The molecular formula is C17H28N2O. The summed E-state index contributed by atoms with van der Waals surface area (Å²) in [4.78, 5) is 2.55. The third-order valence-corrected chi connectivity index (χ3v) is 4.65. The molecule has 1 unspecified atom stereocenters. The number of hydrogen-bond acceptors (Lipinski definition) is 3. The molecule has 0 radical (unpaired) electrons. The van der Waals surface area contributed by atoms with Crippen molar-refractivity contribution in [3.8, 4) is 0 Å². The zero-order valence-electron chi connectivity index (χ0n) is 13.1. The van der Waals surface area contributed by atoms with Crippen molar-refractivity contribution in [2.24, 2.45) is 5.73 Å². The molecule has 3 heteroatoms. The van der Waals surface area contributed by atoms with Gasteiger partial charge in [0.05, 0.1) is 6.61 Å². The molecule has 112 valence electrons. The van der Waals surface area contributed by atoms with Gasteiger partial charge in [0.15, 0.2) is 0 Å². The predicted molar refractivity (Wildman–Crippen MR) is 84.0 cm³/mol. The Bertz CT molecular complexity index is 433. The molecule has 1 aliphatic rings. The van der Waals surface area contributed by atoms with Crippen LogP contribution in [0.5, 0.6) is 0 Å². The van der Waals surface area contributed by atoms with Gasteiger partial charge in [0.25, 0.3) is 0 Å². The van der Waals surface area contributed by atoms with Gasteiger partial charge in [0.1, 0.15) is 0 Å². The summed E-state index contributed by atoms with van der Waals surface area (Å²) in [5.41, 5.74) is 9.27. The summed E-state index contributed by atoms with van der Waals surface area (Å²) in [6.07, 6.45) is 3.33. The van der Waals surface area contributed by atoms with Crippen molar-refractivity contribution in [3.05, 3.63) is 35.4 Å². The van der Waals surface area contributed by atoms with Crippen molar-refractivity contribution in [3.63, 3.8) is 0 Å². The molecule has 0 fully saturated rings. The van der Waals surface area contributed by atoms with E-state index in [9.17, 15) is 0 Å². The lowest BCUT2D eigenvalue weighted by Crippen LogP contribution is -2.60. The van der Waals surface area contributed by atoms with Crippen molar-refractivity contribution in [2.45, 2.75) is 44.7 Å². The quantitative estimate of drug-likeness (QED) is 0.866. The van der Waals surface area contributed by atoms with Gasteiger partial charge in [-0.1, -0.05) is 24.3 Å². The fourth-order valence-corrected chi connectivity index (χ4v) is 3.55. The Balaban J connectivity index is 2.25. The lowest BCUT2D eigenvalue weighted by Gasteiger charge is -2.48. The number of nitrogens with zero attached hydrogens (tertiary/aromatic N) is 1. The zero-order chi connectivity index (χ0) is 14.6. The van der Waals surface area contributed by atoms with Crippen LogP contribution in [-0.4, -0.2) is 43.3 Å². The summed E-state index contributed by atoms with van der Waals surface area (Å²) >= 11 is 0. The van der Waals surface area contributed by atoms with Gasteiger partial charge in [-0.15, -0.1) is 0 Å². The van der Waals surface area contributed by atoms with Crippen molar-refractivity contribution < 1.29 is 4.74 Å². The molecule has 0 saturated heterocycles. The van der Waals surface area contributed by atoms with Crippen LogP contribution in [0.1, 0.15) is 31.4 Å². The number of fused-ring (bicyclic) bond motifs is 1. The van der Waals surface area contributed by atoms with E-state index in [2.05, 4.69) is 43.0 Å². The molecule has 0 bridgehead atoms. The van der Waals surface area contributed by atoms with Crippen LogP contribution in [0.15, 0.2) is 24.3 Å². The first-order valence-electron chi connectivity index (χ1n) is 7.65. The highest BCUT2D eigenvalue weighted by Gasteiger charge is 2.39. The fraction of sp³-hybridized carbons (Fsp3) is 0.647. The average molecular weight is 276 g/mol. The maximum atomic E-state index is 6.22. The van der Waals surface area contributed by atoms with Crippen LogP contribution in [0.2, 0.25) is 0 Å². The Labute approximate surface area is 123 Å². The van der Waals surface area contributed by atoms with E-state index in [1.807, 2.05) is 0 Å². The number of benzene rings is 1. The summed E-state index contributed by atoms with van der Waals surface area (Å²) in [5, 5.41) is 0. The van der Waals surface area contributed by atoms with Gasteiger partial charge >= 0.3 is 0 Å². The number of rotatable bonds is 6. The lowest BCUT2D eigenvalue weighted by molar-refractivity contribution is 0.0249. The molecule has 1 aromatic carbocycles. The van der Waals surface area contributed by atoms with Gasteiger partial charge in [-0.3, -0.25) is 4.90 Å². The van der Waals surface area contributed by atoms with E-state index >= 15 is 0 Å². The van der Waals surface area contributed by atoms with Crippen molar-refractivity contribution in [1.82, 2.24) is 4.90 Å². The van der Waals surface area contributed by atoms with E-state index in [0.717, 1.165) is 32.4 Å². The van der Waals surface area contributed by atoms with Gasteiger partial charge in [-0.05, 0) is 44.2 Å². The van der Waals surface area contributed by atoms with Crippen LogP contribution in [-0.2, 0) is 17.6 Å². The minimum absolute atomic E-state index is 0.0844. The molecule has 1 aliphatic carbocycles. The van der Waals surface area contributed by atoms with Crippen LogP contribution >= 0.6 is 0 Å². The zero-order valence-corrected chi connectivity index (χ0v) is 13.1. The molecule has 0 aliphatic heterocycles. The number of nitrogens with two attached hydrogens (primary N) is 1. The van der Waals surface area contributed by atoms with Gasteiger partial charge < -0.3 is 10.5 Å². The second kappa shape index (κ2) is 6.70. The summed E-state index contributed by atoms with van der Waals surface area (Å²) in [6.45, 7) is 6.94. The van der Waals surface area contributed by atoms with E-state index in [1.165, 1.54) is 11.1 Å². The summed E-state index contributed by atoms with van der Waals surface area (Å²) in [7, 11) is 1.77. The van der Waals surface area contributed by atoms with Gasteiger partial charge in [-0.2, -0.15) is 0 Å². The third-order valence-electron chi connectivity index (χ3n) is 4.65. The molecular weight excluding hydrogens is 248 g/mol. The van der Waals surface area contributed by atoms with Gasteiger partial charge in [0.2, 0.25) is 0 Å². The standard InChI is InChI=1S/C17H28N2O/c1-14(2)19(10-11-20-3)17(13-18)9-8-15-6-4-5-7-16(15)12-17/h4-7,14H,8-13,18H2,1-3H3. The SMILES string of the molecule is COCCN(C(C)C)C1(CN)CCc2ccccc2C1. The number of methoxy groups -OCH3 is 1. The second-order valence-corrected chi connectivity index (χ2v) is 6.15. The van der Waals surface area contributed by atoms with Crippen molar-refractivity contribution in [1.29, 1.82) is 0 Å². The number of hydrogen-bond donors (Lipinski definition) is 1. The number of ether oxygens (including phenoxy) is 1. The Morgan fingerprint density at radius 3 is 2.60 bits per heavy atom. The van der Waals surface area contributed by atoms with Crippen LogP contribution in [0.25, 0.3) is 0 Å². The molecule has 0 saturated carbocycles. The van der Waals surface area contributed by atoms with E-state index in [-0.39, 0.29) is 5.54 Å². The van der Waals surface area contributed by atoms with Gasteiger partial charge in [0, 0.05) is 31.8 Å². The Morgan fingerprint density at radius 1 is 1.30 bits per heavy atom. The summed E-state index contributed by atoms with van der Waals surface area (Å²) in [5.74, 6) is 0. The van der Waals surface area contributed by atoms with Crippen LogP contribution < -0.4 is 5.73 Å².